The first-order valence-electron chi connectivity index (χ1n) is 7.80. The predicted octanol–water partition coefficient (Wildman–Crippen LogP) is 5.59. The first-order valence-corrected chi connectivity index (χ1v) is 10.3. The van der Waals surface area contributed by atoms with Crippen LogP contribution >= 0.6 is 39.0 Å². The number of imide groups is 1. The molecule has 0 aliphatic carbocycles. The molecule has 1 aliphatic heterocycles. The van der Waals surface area contributed by atoms with Crippen molar-refractivity contribution in [2.45, 2.75) is 4.90 Å². The monoisotopic (exact) mass is 441 g/mol. The van der Waals surface area contributed by atoms with E-state index in [1.807, 2.05) is 60.0 Å². The molecule has 2 heterocycles. The molecule has 0 bridgehead atoms. The van der Waals surface area contributed by atoms with E-state index in [1.54, 1.807) is 12.1 Å². The molecule has 3 nitrogen and oxygen atoms in total. The number of thioether (sulfide) groups is 1. The van der Waals surface area contributed by atoms with E-state index in [9.17, 15) is 9.59 Å². The molecule has 2 aromatic carbocycles. The molecular formula is C20H12BrNO2S2. The van der Waals surface area contributed by atoms with Crippen LogP contribution in [0.2, 0.25) is 0 Å². The van der Waals surface area contributed by atoms with Gasteiger partial charge >= 0.3 is 0 Å². The van der Waals surface area contributed by atoms with Crippen molar-refractivity contribution in [2.75, 3.05) is 4.90 Å². The molecule has 3 aromatic rings. The van der Waals surface area contributed by atoms with Crippen molar-refractivity contribution in [3.05, 3.63) is 86.4 Å². The molecule has 0 atom stereocenters. The van der Waals surface area contributed by atoms with E-state index < -0.39 is 0 Å². The second kappa shape index (κ2) is 7.23. The van der Waals surface area contributed by atoms with Crippen molar-refractivity contribution in [1.82, 2.24) is 0 Å². The van der Waals surface area contributed by atoms with E-state index in [1.165, 1.54) is 28.0 Å². The third-order valence-electron chi connectivity index (χ3n) is 3.86. The molecule has 26 heavy (non-hydrogen) atoms. The first-order chi connectivity index (χ1) is 12.6. The number of hydrogen-bond donors (Lipinski definition) is 0. The summed E-state index contributed by atoms with van der Waals surface area (Å²) in [5.74, 6) is -0.562. The van der Waals surface area contributed by atoms with Crippen LogP contribution in [0.1, 0.15) is 4.88 Å². The summed E-state index contributed by atoms with van der Waals surface area (Å²) in [6, 6.07) is 20.6. The largest absolute Gasteiger partial charge is 0.272 e. The maximum Gasteiger partial charge on any atom is 0.272 e. The van der Waals surface area contributed by atoms with Gasteiger partial charge in [0.1, 0.15) is 0 Å². The Hall–Kier alpha value is -2.15. The maximum atomic E-state index is 13.1. The highest BCUT2D eigenvalue weighted by Gasteiger charge is 2.40. The zero-order chi connectivity index (χ0) is 18.1. The van der Waals surface area contributed by atoms with Gasteiger partial charge < -0.3 is 0 Å². The van der Waals surface area contributed by atoms with Gasteiger partial charge in [0, 0.05) is 14.2 Å². The standard InChI is InChI=1S/C20H12BrNO2S2/c21-13-8-10-14(11-9-13)22-19(23)17(16-7-4-12-25-16)18(20(22)24)26-15-5-2-1-3-6-15/h1-12H. The van der Waals surface area contributed by atoms with E-state index in [4.69, 9.17) is 0 Å². The SMILES string of the molecule is O=C1C(Sc2ccccc2)=C(c2cccs2)C(=O)N1c1ccc(Br)cc1. The minimum Gasteiger partial charge on any atom is -0.268 e. The quantitative estimate of drug-likeness (QED) is 0.495. The lowest BCUT2D eigenvalue weighted by atomic mass is 10.2. The number of anilines is 1. The molecule has 4 rings (SSSR count). The van der Waals surface area contributed by atoms with Gasteiger partial charge in [-0.25, -0.2) is 4.90 Å². The first kappa shape index (κ1) is 17.3. The highest BCUT2D eigenvalue weighted by Crippen LogP contribution is 2.42. The predicted molar refractivity (Wildman–Crippen MR) is 110 cm³/mol. The van der Waals surface area contributed by atoms with Gasteiger partial charge in [-0.1, -0.05) is 52.0 Å². The number of thiophene rings is 1. The van der Waals surface area contributed by atoms with Crippen LogP contribution in [-0.2, 0) is 9.59 Å². The second-order valence-electron chi connectivity index (χ2n) is 5.52. The van der Waals surface area contributed by atoms with Crippen LogP contribution in [0.25, 0.3) is 5.57 Å². The van der Waals surface area contributed by atoms with Crippen molar-refractivity contribution in [3.63, 3.8) is 0 Å². The molecule has 6 heteroatoms. The number of carbonyl (C=O) groups is 2. The average molecular weight is 442 g/mol. The van der Waals surface area contributed by atoms with Gasteiger partial charge in [-0.15, -0.1) is 11.3 Å². The number of halogens is 1. The number of rotatable bonds is 4. The zero-order valence-electron chi connectivity index (χ0n) is 13.4. The van der Waals surface area contributed by atoms with Gasteiger partial charge in [0.2, 0.25) is 0 Å². The summed E-state index contributed by atoms with van der Waals surface area (Å²) in [5, 5.41) is 1.91. The van der Waals surface area contributed by atoms with Gasteiger partial charge in [-0.3, -0.25) is 9.59 Å². The normalized spacial score (nSPS) is 14.4. The molecule has 1 aromatic heterocycles. The average Bonchev–Trinajstić information content (AvgIpc) is 3.25. The van der Waals surface area contributed by atoms with Crippen LogP contribution in [0, 0.1) is 0 Å². The van der Waals surface area contributed by atoms with Crippen molar-refractivity contribution in [1.29, 1.82) is 0 Å². The smallest absolute Gasteiger partial charge is 0.268 e. The summed E-state index contributed by atoms with van der Waals surface area (Å²) >= 11 is 6.18. The molecule has 0 radical (unpaired) electrons. The summed E-state index contributed by atoms with van der Waals surface area (Å²) in [5.41, 5.74) is 1.04. The third kappa shape index (κ3) is 3.16. The Morgan fingerprint density at radius 2 is 1.58 bits per heavy atom. The van der Waals surface area contributed by atoms with Crippen LogP contribution in [0.15, 0.2) is 86.4 Å². The maximum absolute atomic E-state index is 13.1. The summed E-state index contributed by atoms with van der Waals surface area (Å²) < 4.78 is 0.894. The molecule has 0 saturated heterocycles. The molecular weight excluding hydrogens is 430 g/mol. The molecule has 2 amide bonds. The highest BCUT2D eigenvalue weighted by molar-refractivity contribution is 9.10. The van der Waals surface area contributed by atoms with E-state index in [-0.39, 0.29) is 11.8 Å². The van der Waals surface area contributed by atoms with E-state index in [2.05, 4.69) is 15.9 Å². The molecule has 1 aliphatic rings. The molecule has 0 saturated carbocycles. The summed E-state index contributed by atoms with van der Waals surface area (Å²) in [4.78, 5) is 29.7. The van der Waals surface area contributed by atoms with Crippen molar-refractivity contribution in [2.24, 2.45) is 0 Å². The fourth-order valence-corrected chi connectivity index (χ4v) is 4.78. The number of amides is 2. The Morgan fingerprint density at radius 3 is 2.23 bits per heavy atom. The fourth-order valence-electron chi connectivity index (χ4n) is 2.67. The summed E-state index contributed by atoms with van der Waals surface area (Å²) in [6.45, 7) is 0. The van der Waals surface area contributed by atoms with Gasteiger partial charge in [0.15, 0.2) is 0 Å². The summed E-state index contributed by atoms with van der Waals surface area (Å²) in [6.07, 6.45) is 0. The van der Waals surface area contributed by atoms with Crippen molar-refractivity contribution in [3.8, 4) is 0 Å². The number of benzene rings is 2. The van der Waals surface area contributed by atoms with Crippen LogP contribution < -0.4 is 4.90 Å². The van der Waals surface area contributed by atoms with Gasteiger partial charge in [0.25, 0.3) is 11.8 Å². The molecule has 128 valence electrons. The van der Waals surface area contributed by atoms with Gasteiger partial charge in [-0.05, 0) is 47.8 Å². The Morgan fingerprint density at radius 1 is 0.846 bits per heavy atom. The Labute approximate surface area is 167 Å². The van der Waals surface area contributed by atoms with E-state index >= 15 is 0 Å². The van der Waals surface area contributed by atoms with Crippen molar-refractivity contribution >= 4 is 62.1 Å². The lowest BCUT2D eigenvalue weighted by Crippen LogP contribution is -2.31. The number of nitrogens with zero attached hydrogens (tertiary/aromatic N) is 1. The highest BCUT2D eigenvalue weighted by atomic mass is 79.9. The van der Waals surface area contributed by atoms with Crippen LogP contribution in [0.4, 0.5) is 5.69 Å². The van der Waals surface area contributed by atoms with Gasteiger partial charge in [0.05, 0.1) is 16.2 Å². The molecule has 0 spiro atoms. The third-order valence-corrected chi connectivity index (χ3v) is 6.36. The molecule has 0 unspecified atom stereocenters. The number of hydrogen-bond acceptors (Lipinski definition) is 4. The van der Waals surface area contributed by atoms with Gasteiger partial charge in [-0.2, -0.15) is 0 Å². The summed E-state index contributed by atoms with van der Waals surface area (Å²) in [7, 11) is 0. The topological polar surface area (TPSA) is 37.4 Å². The molecule has 0 fully saturated rings. The Kier molecular flexibility index (Phi) is 4.80. The van der Waals surface area contributed by atoms with Crippen LogP contribution in [0.3, 0.4) is 0 Å². The van der Waals surface area contributed by atoms with Crippen LogP contribution in [-0.4, -0.2) is 11.8 Å². The second-order valence-corrected chi connectivity index (χ2v) is 8.47. The minimum atomic E-state index is -0.283. The Balaban J connectivity index is 1.79. The van der Waals surface area contributed by atoms with Crippen molar-refractivity contribution < 1.29 is 9.59 Å². The van der Waals surface area contributed by atoms with Crippen LogP contribution in [0.5, 0.6) is 0 Å². The lowest BCUT2D eigenvalue weighted by Gasteiger charge is -2.15. The number of carbonyl (C=O) groups excluding carboxylic acids is 2. The Bertz CT molecular complexity index is 996. The fraction of sp³-hybridized carbons (Fsp3) is 0. The van der Waals surface area contributed by atoms with E-state index in [0.29, 0.717) is 16.2 Å². The zero-order valence-corrected chi connectivity index (χ0v) is 16.6. The minimum absolute atomic E-state index is 0.279. The van der Waals surface area contributed by atoms with E-state index in [0.717, 1.165) is 14.2 Å². The lowest BCUT2D eigenvalue weighted by molar-refractivity contribution is -0.119. The molecule has 0 N–H and O–H groups in total.